The number of benzene rings is 1. The molecule has 2 aliphatic rings. The van der Waals surface area contributed by atoms with Crippen molar-refractivity contribution in [1.29, 1.82) is 0 Å². The van der Waals surface area contributed by atoms with E-state index >= 15 is 0 Å². The first-order valence-corrected chi connectivity index (χ1v) is 11.0. The number of ether oxygens (including phenoxy) is 1. The van der Waals surface area contributed by atoms with Gasteiger partial charge in [0.15, 0.2) is 0 Å². The lowest BCUT2D eigenvalue weighted by Crippen LogP contribution is -2.48. The lowest BCUT2D eigenvalue weighted by atomic mass is 10.1. The molecule has 3 heterocycles. The number of nitrogens with zero attached hydrogens (tertiary/aromatic N) is 3. The maximum absolute atomic E-state index is 13.0. The fraction of sp³-hybridized carbons (Fsp3) is 0.478. The molecule has 4 rings (SSSR count). The first-order valence-electron chi connectivity index (χ1n) is 11.0. The monoisotopic (exact) mass is 455 g/mol. The maximum Gasteiger partial charge on any atom is 0.414 e. The highest BCUT2D eigenvalue weighted by Crippen LogP contribution is 2.25. The molecular weight excluding hydrogens is 426 g/mol. The zero-order valence-electron chi connectivity index (χ0n) is 19.3. The van der Waals surface area contributed by atoms with Gasteiger partial charge in [-0.1, -0.05) is 12.1 Å². The van der Waals surface area contributed by atoms with Gasteiger partial charge in [-0.3, -0.25) is 28.9 Å². The lowest BCUT2D eigenvalue weighted by molar-refractivity contribution is -0.135. The molecule has 0 radical (unpaired) electrons. The lowest BCUT2D eigenvalue weighted by Gasteiger charge is -2.35. The van der Waals surface area contributed by atoms with Crippen LogP contribution in [0.4, 0.5) is 4.79 Å². The van der Waals surface area contributed by atoms with E-state index in [0.29, 0.717) is 25.0 Å². The number of fused-ring (bicyclic) bond motifs is 1. The van der Waals surface area contributed by atoms with Crippen molar-refractivity contribution in [3.63, 3.8) is 0 Å². The van der Waals surface area contributed by atoms with E-state index in [1.165, 1.54) is 9.13 Å². The van der Waals surface area contributed by atoms with Gasteiger partial charge in [0, 0.05) is 32.8 Å². The second-order valence-corrected chi connectivity index (χ2v) is 9.39. The molecule has 1 unspecified atom stereocenters. The molecule has 1 fully saturated rings. The summed E-state index contributed by atoms with van der Waals surface area (Å²) >= 11 is 0. The van der Waals surface area contributed by atoms with Crippen LogP contribution >= 0.6 is 0 Å². The van der Waals surface area contributed by atoms with E-state index in [4.69, 9.17) is 4.74 Å². The summed E-state index contributed by atoms with van der Waals surface area (Å²) in [6.07, 6.45) is 3.73. The molecule has 0 saturated carbocycles. The van der Waals surface area contributed by atoms with Gasteiger partial charge in [-0.25, -0.2) is 9.59 Å². The number of amides is 3. The third-order valence-electron chi connectivity index (χ3n) is 5.81. The van der Waals surface area contributed by atoms with Crippen LogP contribution in [0.25, 0.3) is 11.0 Å². The fourth-order valence-electron chi connectivity index (χ4n) is 4.22. The Balaban J connectivity index is 1.49. The van der Waals surface area contributed by atoms with Gasteiger partial charge in [0.25, 0.3) is 0 Å². The van der Waals surface area contributed by atoms with Crippen LogP contribution in [0.15, 0.2) is 35.3 Å². The number of imide groups is 1. The van der Waals surface area contributed by atoms with E-state index < -0.39 is 17.6 Å². The third-order valence-corrected chi connectivity index (χ3v) is 5.81. The van der Waals surface area contributed by atoms with Crippen molar-refractivity contribution in [2.75, 3.05) is 6.54 Å². The zero-order chi connectivity index (χ0) is 23.9. The fourth-order valence-corrected chi connectivity index (χ4v) is 4.22. The Bertz CT molecular complexity index is 1200. The molecule has 33 heavy (non-hydrogen) atoms. The molecule has 3 amide bonds. The summed E-state index contributed by atoms with van der Waals surface area (Å²) in [7, 11) is 1.68. The number of hydrogen-bond donors (Lipinski definition) is 2. The Morgan fingerprint density at radius 1 is 1.24 bits per heavy atom. The molecule has 0 aliphatic carbocycles. The smallest absolute Gasteiger partial charge is 0.414 e. The van der Waals surface area contributed by atoms with E-state index in [0.717, 1.165) is 11.1 Å². The van der Waals surface area contributed by atoms with E-state index in [-0.39, 0.29) is 30.2 Å². The highest BCUT2D eigenvalue weighted by molar-refractivity contribution is 6.00. The van der Waals surface area contributed by atoms with Crippen LogP contribution in [0.2, 0.25) is 0 Å². The van der Waals surface area contributed by atoms with Gasteiger partial charge in [-0.2, -0.15) is 0 Å². The number of hydrogen-bond acceptors (Lipinski definition) is 6. The van der Waals surface area contributed by atoms with Gasteiger partial charge in [0.2, 0.25) is 11.8 Å². The number of aromatic nitrogens is 2. The zero-order valence-corrected chi connectivity index (χ0v) is 19.3. The number of aryl methyl sites for hydroxylation is 1. The summed E-state index contributed by atoms with van der Waals surface area (Å²) in [5.74, 6) is -0.775. The van der Waals surface area contributed by atoms with Crippen molar-refractivity contribution < 1.29 is 19.1 Å². The minimum absolute atomic E-state index is 0.115. The van der Waals surface area contributed by atoms with Crippen LogP contribution < -0.4 is 16.3 Å². The van der Waals surface area contributed by atoms with Crippen LogP contribution in [-0.4, -0.2) is 50.1 Å². The summed E-state index contributed by atoms with van der Waals surface area (Å²) in [5, 5.41) is 5.67. The van der Waals surface area contributed by atoms with Gasteiger partial charge in [-0.15, -0.1) is 0 Å². The number of para-hydroxylation sites is 1. The molecule has 0 spiro atoms. The predicted octanol–water partition coefficient (Wildman–Crippen LogP) is 1.54. The first-order chi connectivity index (χ1) is 15.6. The molecular formula is C23H29N5O5. The molecule has 2 aromatic rings. The number of nitrogens with one attached hydrogen (secondary N) is 2. The molecule has 1 saturated heterocycles. The Morgan fingerprint density at radius 2 is 2.00 bits per heavy atom. The van der Waals surface area contributed by atoms with Gasteiger partial charge in [-0.05, 0) is 44.9 Å². The molecule has 1 aromatic carbocycles. The molecule has 10 nitrogen and oxygen atoms in total. The summed E-state index contributed by atoms with van der Waals surface area (Å²) in [6.45, 7) is 6.47. The molecule has 1 aromatic heterocycles. The summed E-state index contributed by atoms with van der Waals surface area (Å²) in [5.41, 5.74) is 1.41. The van der Waals surface area contributed by atoms with Gasteiger partial charge in [0.05, 0.1) is 17.1 Å². The van der Waals surface area contributed by atoms with Crippen LogP contribution in [0.3, 0.4) is 0 Å². The standard InChI is InChI=1S/C23H29N5O5/c1-23(2,3)33-22(32)27-11-10-15(27)13-24-12-14-6-5-7-16-19(14)26(4)21(31)28(16)17-8-9-18(29)25-20(17)30/h5-7,10-11,15,17,24H,8-9,12-13H2,1-4H3,(H,25,29,30)/t15-,17?/m1/s1. The van der Waals surface area contributed by atoms with E-state index in [9.17, 15) is 19.2 Å². The molecule has 2 aliphatic heterocycles. The van der Waals surface area contributed by atoms with Crippen molar-refractivity contribution in [2.24, 2.45) is 7.05 Å². The average molecular weight is 456 g/mol. The van der Waals surface area contributed by atoms with E-state index in [1.807, 2.05) is 45.0 Å². The van der Waals surface area contributed by atoms with Crippen molar-refractivity contribution in [3.05, 3.63) is 46.5 Å². The maximum atomic E-state index is 13.0. The van der Waals surface area contributed by atoms with Crippen LogP contribution in [0, 0.1) is 0 Å². The second kappa shape index (κ2) is 8.51. The third kappa shape index (κ3) is 4.43. The first kappa shape index (κ1) is 22.8. The van der Waals surface area contributed by atoms with Crippen LogP contribution in [0.5, 0.6) is 0 Å². The predicted molar refractivity (Wildman–Crippen MR) is 121 cm³/mol. The number of carbonyl (C=O) groups is 3. The Labute approximate surface area is 191 Å². The minimum Gasteiger partial charge on any atom is -0.443 e. The normalized spacial score (nSPS) is 20.7. The van der Waals surface area contributed by atoms with Crippen LogP contribution in [0.1, 0.15) is 45.2 Å². The molecule has 10 heteroatoms. The SMILES string of the molecule is Cn1c(=O)n(C2CCC(=O)NC2=O)c2cccc(CNC[C@H]3C=CN3C(=O)OC(C)(C)C)c21. The Hall–Kier alpha value is -3.40. The van der Waals surface area contributed by atoms with Crippen molar-refractivity contribution in [1.82, 2.24) is 24.7 Å². The summed E-state index contributed by atoms with van der Waals surface area (Å²) in [6, 6.07) is 4.74. The van der Waals surface area contributed by atoms with Gasteiger partial charge >= 0.3 is 11.8 Å². The quantitative estimate of drug-likeness (QED) is 0.661. The number of piperidine rings is 1. The summed E-state index contributed by atoms with van der Waals surface area (Å²) in [4.78, 5) is 50.7. The van der Waals surface area contributed by atoms with Crippen LogP contribution in [-0.2, 0) is 27.9 Å². The molecule has 176 valence electrons. The number of carbonyl (C=O) groups excluding carboxylic acids is 3. The van der Waals surface area contributed by atoms with Gasteiger partial charge in [0.1, 0.15) is 11.6 Å². The van der Waals surface area contributed by atoms with E-state index in [1.54, 1.807) is 18.1 Å². The van der Waals surface area contributed by atoms with E-state index in [2.05, 4.69) is 10.6 Å². The highest BCUT2D eigenvalue weighted by atomic mass is 16.6. The molecule has 2 atom stereocenters. The largest absolute Gasteiger partial charge is 0.443 e. The Morgan fingerprint density at radius 3 is 2.64 bits per heavy atom. The van der Waals surface area contributed by atoms with Crippen molar-refractivity contribution >= 4 is 28.9 Å². The second-order valence-electron chi connectivity index (χ2n) is 9.39. The van der Waals surface area contributed by atoms with Gasteiger partial charge < -0.3 is 10.1 Å². The Kier molecular flexibility index (Phi) is 5.87. The summed E-state index contributed by atoms with van der Waals surface area (Å²) < 4.78 is 8.42. The molecule has 0 bridgehead atoms. The minimum atomic E-state index is -0.718. The average Bonchev–Trinajstić information content (AvgIpc) is 2.94. The van der Waals surface area contributed by atoms with Crippen molar-refractivity contribution in [2.45, 2.75) is 57.8 Å². The molecule has 2 N–H and O–H groups in total. The number of imidazole rings is 1. The highest BCUT2D eigenvalue weighted by Gasteiger charge is 2.32. The number of rotatable bonds is 5. The van der Waals surface area contributed by atoms with Crippen molar-refractivity contribution in [3.8, 4) is 0 Å². The topological polar surface area (TPSA) is 115 Å².